The molecule has 2 unspecified atom stereocenters. The maximum Gasteiger partial charge on any atom is 0.0735 e. The highest BCUT2D eigenvalue weighted by Crippen LogP contribution is 2.27. The molecule has 0 N–H and O–H groups in total. The second kappa shape index (κ2) is 2.01. The molecule has 1 aliphatic rings. The van der Waals surface area contributed by atoms with Crippen molar-refractivity contribution in [2.24, 2.45) is 0 Å². The molecule has 0 saturated heterocycles. The topological polar surface area (TPSA) is 9.23 Å². The van der Waals surface area contributed by atoms with Crippen molar-refractivity contribution < 1.29 is 4.74 Å². The van der Waals surface area contributed by atoms with Crippen LogP contribution in [0.4, 0.5) is 0 Å². The number of rotatable bonds is 1. The van der Waals surface area contributed by atoms with E-state index in [0.717, 1.165) is 12.8 Å². The standard InChI is InChI=1S/C5H9ClO/c1-7-5-3-2-4(5)6/h4-5H,2-3H2,1H3. The molecule has 0 aromatic carbocycles. The molecule has 0 heterocycles. The second-order valence-corrected chi connectivity index (χ2v) is 2.43. The first-order chi connectivity index (χ1) is 3.34. The highest BCUT2D eigenvalue weighted by Gasteiger charge is 2.27. The van der Waals surface area contributed by atoms with Gasteiger partial charge in [-0.15, -0.1) is 11.6 Å². The molecule has 0 bridgehead atoms. The Hall–Kier alpha value is 0.250. The number of ether oxygens (including phenoxy) is 1. The van der Waals surface area contributed by atoms with Gasteiger partial charge in [-0.25, -0.2) is 0 Å². The fourth-order valence-corrected chi connectivity index (χ4v) is 1.05. The molecular formula is C5H9ClO. The summed E-state index contributed by atoms with van der Waals surface area (Å²) in [5, 5.41) is 0.296. The highest BCUT2D eigenvalue weighted by molar-refractivity contribution is 6.21. The van der Waals surface area contributed by atoms with Gasteiger partial charge < -0.3 is 4.74 Å². The van der Waals surface area contributed by atoms with Gasteiger partial charge in [0.25, 0.3) is 0 Å². The third-order valence-corrected chi connectivity index (χ3v) is 1.93. The smallest absolute Gasteiger partial charge is 0.0735 e. The first-order valence-corrected chi connectivity index (χ1v) is 2.95. The van der Waals surface area contributed by atoms with Crippen LogP contribution in [0.25, 0.3) is 0 Å². The van der Waals surface area contributed by atoms with Gasteiger partial charge in [-0.3, -0.25) is 0 Å². The van der Waals surface area contributed by atoms with Gasteiger partial charge in [-0.05, 0) is 12.8 Å². The van der Waals surface area contributed by atoms with Crippen LogP contribution in [-0.4, -0.2) is 18.6 Å². The van der Waals surface area contributed by atoms with Crippen molar-refractivity contribution in [3.05, 3.63) is 0 Å². The lowest BCUT2D eigenvalue weighted by molar-refractivity contribution is 0.0457. The monoisotopic (exact) mass is 120 g/mol. The Bertz CT molecular complexity index is 63.1. The summed E-state index contributed by atoms with van der Waals surface area (Å²) >= 11 is 5.69. The minimum Gasteiger partial charge on any atom is -0.380 e. The van der Waals surface area contributed by atoms with Gasteiger partial charge in [0.1, 0.15) is 0 Å². The van der Waals surface area contributed by atoms with Crippen molar-refractivity contribution in [2.75, 3.05) is 7.11 Å². The maximum absolute atomic E-state index is 5.69. The minimum atomic E-state index is 0.296. The Morgan fingerprint density at radius 2 is 2.29 bits per heavy atom. The normalized spacial score (nSPS) is 40.3. The van der Waals surface area contributed by atoms with Crippen LogP contribution in [0, 0.1) is 0 Å². The summed E-state index contributed by atoms with van der Waals surface area (Å²) in [5.74, 6) is 0. The Kier molecular flexibility index (Phi) is 1.55. The van der Waals surface area contributed by atoms with Gasteiger partial charge in [-0.1, -0.05) is 0 Å². The SMILES string of the molecule is COC1CCC1Cl. The van der Waals surface area contributed by atoms with E-state index < -0.39 is 0 Å². The molecule has 0 aliphatic heterocycles. The molecule has 2 atom stereocenters. The molecule has 1 aliphatic carbocycles. The van der Waals surface area contributed by atoms with Gasteiger partial charge >= 0.3 is 0 Å². The van der Waals surface area contributed by atoms with Crippen molar-refractivity contribution in [1.82, 2.24) is 0 Å². The van der Waals surface area contributed by atoms with E-state index in [1.807, 2.05) is 0 Å². The first kappa shape index (κ1) is 5.39. The van der Waals surface area contributed by atoms with Crippen LogP contribution in [0.5, 0.6) is 0 Å². The van der Waals surface area contributed by atoms with Gasteiger partial charge in [0.2, 0.25) is 0 Å². The molecule has 1 rings (SSSR count). The number of alkyl halides is 1. The number of hydrogen-bond acceptors (Lipinski definition) is 1. The van der Waals surface area contributed by atoms with Crippen molar-refractivity contribution in [3.8, 4) is 0 Å². The fraction of sp³-hybridized carbons (Fsp3) is 1.00. The van der Waals surface area contributed by atoms with Crippen LogP contribution in [0.1, 0.15) is 12.8 Å². The van der Waals surface area contributed by atoms with Crippen LogP contribution in [0.15, 0.2) is 0 Å². The molecule has 42 valence electrons. The third-order valence-electron chi connectivity index (χ3n) is 1.43. The van der Waals surface area contributed by atoms with E-state index >= 15 is 0 Å². The molecular weight excluding hydrogens is 112 g/mol. The van der Waals surface area contributed by atoms with Crippen molar-refractivity contribution in [2.45, 2.75) is 24.3 Å². The zero-order valence-corrected chi connectivity index (χ0v) is 5.11. The van der Waals surface area contributed by atoms with E-state index in [-0.39, 0.29) is 0 Å². The van der Waals surface area contributed by atoms with Crippen LogP contribution in [-0.2, 0) is 4.74 Å². The lowest BCUT2D eigenvalue weighted by Crippen LogP contribution is -2.33. The van der Waals surface area contributed by atoms with Gasteiger partial charge in [0.05, 0.1) is 11.5 Å². The van der Waals surface area contributed by atoms with Gasteiger partial charge in [-0.2, -0.15) is 0 Å². The largest absolute Gasteiger partial charge is 0.380 e. The Labute approximate surface area is 48.6 Å². The third kappa shape index (κ3) is 0.892. The average molecular weight is 121 g/mol. The summed E-state index contributed by atoms with van der Waals surface area (Å²) in [6.45, 7) is 0. The molecule has 0 amide bonds. The summed E-state index contributed by atoms with van der Waals surface area (Å²) in [7, 11) is 1.71. The molecule has 0 spiro atoms. The molecule has 7 heavy (non-hydrogen) atoms. The summed E-state index contributed by atoms with van der Waals surface area (Å²) in [5.41, 5.74) is 0. The zero-order valence-electron chi connectivity index (χ0n) is 4.36. The first-order valence-electron chi connectivity index (χ1n) is 2.51. The molecule has 1 saturated carbocycles. The molecule has 1 fully saturated rings. The lowest BCUT2D eigenvalue weighted by atomic mass is 9.95. The molecule has 0 radical (unpaired) electrons. The molecule has 0 aromatic rings. The number of methoxy groups -OCH3 is 1. The van der Waals surface area contributed by atoms with Crippen LogP contribution in [0.3, 0.4) is 0 Å². The highest BCUT2D eigenvalue weighted by atomic mass is 35.5. The van der Waals surface area contributed by atoms with Gasteiger partial charge in [0, 0.05) is 7.11 Å². The van der Waals surface area contributed by atoms with E-state index in [1.165, 1.54) is 0 Å². The van der Waals surface area contributed by atoms with Crippen molar-refractivity contribution in [3.63, 3.8) is 0 Å². The number of halogens is 1. The van der Waals surface area contributed by atoms with E-state index in [2.05, 4.69) is 0 Å². The van der Waals surface area contributed by atoms with Crippen LogP contribution < -0.4 is 0 Å². The summed E-state index contributed by atoms with van der Waals surface area (Å²) in [6.07, 6.45) is 2.62. The summed E-state index contributed by atoms with van der Waals surface area (Å²) in [4.78, 5) is 0. The van der Waals surface area contributed by atoms with Crippen molar-refractivity contribution >= 4 is 11.6 Å². The minimum absolute atomic E-state index is 0.296. The fourth-order valence-electron chi connectivity index (χ4n) is 0.694. The Morgan fingerprint density at radius 1 is 1.57 bits per heavy atom. The van der Waals surface area contributed by atoms with E-state index in [4.69, 9.17) is 16.3 Å². The zero-order chi connectivity index (χ0) is 5.28. The molecule has 2 heteroatoms. The van der Waals surface area contributed by atoms with Crippen LogP contribution in [0.2, 0.25) is 0 Å². The van der Waals surface area contributed by atoms with Crippen molar-refractivity contribution in [1.29, 1.82) is 0 Å². The molecule has 1 nitrogen and oxygen atoms in total. The van der Waals surface area contributed by atoms with E-state index in [9.17, 15) is 0 Å². The predicted octanol–water partition coefficient (Wildman–Crippen LogP) is 1.40. The molecule has 0 aromatic heterocycles. The Morgan fingerprint density at radius 3 is 2.29 bits per heavy atom. The predicted molar refractivity (Wildman–Crippen MR) is 29.7 cm³/mol. The average Bonchev–Trinajstić information content (AvgIpc) is 1.65. The van der Waals surface area contributed by atoms with E-state index in [1.54, 1.807) is 7.11 Å². The lowest BCUT2D eigenvalue weighted by Gasteiger charge is -2.29. The summed E-state index contributed by atoms with van der Waals surface area (Å²) in [6, 6.07) is 0. The van der Waals surface area contributed by atoms with E-state index in [0.29, 0.717) is 11.5 Å². The maximum atomic E-state index is 5.69. The van der Waals surface area contributed by atoms with Crippen LogP contribution >= 0.6 is 11.6 Å². The second-order valence-electron chi connectivity index (χ2n) is 1.87. The Balaban J connectivity index is 2.16. The van der Waals surface area contributed by atoms with Gasteiger partial charge in [0.15, 0.2) is 0 Å². The number of hydrogen-bond donors (Lipinski definition) is 0. The summed E-state index contributed by atoms with van der Waals surface area (Å²) < 4.78 is 4.97. The quantitative estimate of drug-likeness (QED) is 0.476.